The van der Waals surface area contributed by atoms with Crippen LogP contribution >= 0.6 is 23.2 Å². The normalized spacial score (nSPS) is 14.5. The summed E-state index contributed by atoms with van der Waals surface area (Å²) in [6.07, 6.45) is 9.78. The molecule has 206 valence electrons. The van der Waals surface area contributed by atoms with Gasteiger partial charge in [-0.3, -0.25) is 14.1 Å². The number of amides is 1. The summed E-state index contributed by atoms with van der Waals surface area (Å²) >= 11 is 12.4. The van der Waals surface area contributed by atoms with E-state index in [2.05, 4.69) is 15.2 Å². The van der Waals surface area contributed by atoms with Crippen LogP contribution in [0, 0.1) is 5.92 Å². The van der Waals surface area contributed by atoms with E-state index >= 15 is 0 Å². The highest BCUT2D eigenvalue weighted by atomic mass is 35.5. The van der Waals surface area contributed by atoms with Gasteiger partial charge in [0.05, 0.1) is 15.7 Å². The number of carbonyl (C=O) groups excluding carboxylic acids is 1. The number of aromatic nitrogens is 1. The molecule has 1 aromatic heterocycles. The number of carbonyl (C=O) groups is 1. The van der Waals surface area contributed by atoms with Gasteiger partial charge in [-0.2, -0.15) is 0 Å². The molecular weight excluding hydrogens is 555 g/mol. The summed E-state index contributed by atoms with van der Waals surface area (Å²) in [4.78, 5) is 18.9. The molecule has 0 atom stereocenters. The third kappa shape index (κ3) is 7.12. The number of pyridine rings is 1. The lowest BCUT2D eigenvalue weighted by Gasteiger charge is -2.33. The lowest BCUT2D eigenvalue weighted by Crippen LogP contribution is -2.35. The number of nitrogens with one attached hydrogen (secondary N) is 1. The van der Waals surface area contributed by atoms with Crippen molar-refractivity contribution in [3.63, 3.8) is 0 Å². The standard InChI is InChI=1S/C29H32Cl2N4O3S/c1-2-35(39(37,38)29-25(30)7-5-8-26(29)31)27-9-4-3-6-23(27)10-11-28(36)33-19-12-22-15-20-34(21-16-22)24-13-17-32-18-14-24/h3-11,13-14,17-18,22H,2,12,15-16,19-21H2,1H3,(H,33,36)/b11-10+. The van der Waals surface area contributed by atoms with Gasteiger partial charge in [0, 0.05) is 50.3 Å². The van der Waals surface area contributed by atoms with Gasteiger partial charge in [-0.25, -0.2) is 8.42 Å². The van der Waals surface area contributed by atoms with Crippen LogP contribution in [-0.2, 0) is 14.8 Å². The highest BCUT2D eigenvalue weighted by molar-refractivity contribution is 7.93. The van der Waals surface area contributed by atoms with E-state index < -0.39 is 10.0 Å². The van der Waals surface area contributed by atoms with Gasteiger partial charge in [-0.05, 0) is 74.1 Å². The smallest absolute Gasteiger partial charge is 0.267 e. The lowest BCUT2D eigenvalue weighted by atomic mass is 9.93. The van der Waals surface area contributed by atoms with Gasteiger partial charge in [0.1, 0.15) is 4.90 Å². The molecule has 1 aliphatic heterocycles. The summed E-state index contributed by atoms with van der Waals surface area (Å²) in [6, 6.07) is 15.7. The molecule has 2 heterocycles. The second-order valence-electron chi connectivity index (χ2n) is 9.33. The van der Waals surface area contributed by atoms with Crippen molar-refractivity contribution in [3.8, 4) is 0 Å². The minimum absolute atomic E-state index is 0.0522. The Morgan fingerprint density at radius 3 is 2.38 bits per heavy atom. The highest BCUT2D eigenvalue weighted by Gasteiger charge is 2.29. The van der Waals surface area contributed by atoms with Crippen LogP contribution in [0.4, 0.5) is 11.4 Å². The number of rotatable bonds is 10. The summed E-state index contributed by atoms with van der Waals surface area (Å²) in [5, 5.41) is 3.07. The van der Waals surface area contributed by atoms with E-state index in [0.29, 0.717) is 23.7 Å². The maximum atomic E-state index is 13.5. The van der Waals surface area contributed by atoms with E-state index in [4.69, 9.17) is 23.2 Å². The van der Waals surface area contributed by atoms with E-state index in [0.717, 1.165) is 32.4 Å². The second kappa shape index (κ2) is 13.3. The Labute approximate surface area is 240 Å². The molecular formula is C29H32Cl2N4O3S. The maximum absolute atomic E-state index is 13.5. The van der Waals surface area contributed by atoms with Crippen molar-refractivity contribution in [1.82, 2.24) is 10.3 Å². The van der Waals surface area contributed by atoms with E-state index in [1.165, 1.54) is 28.2 Å². The number of para-hydroxylation sites is 1. The topological polar surface area (TPSA) is 82.6 Å². The largest absolute Gasteiger partial charge is 0.371 e. The molecule has 0 aliphatic carbocycles. The summed E-state index contributed by atoms with van der Waals surface area (Å²) in [7, 11) is -4.05. The van der Waals surface area contributed by atoms with Crippen molar-refractivity contribution < 1.29 is 13.2 Å². The first-order chi connectivity index (χ1) is 18.8. The van der Waals surface area contributed by atoms with Gasteiger partial charge >= 0.3 is 0 Å². The number of benzene rings is 2. The van der Waals surface area contributed by atoms with E-state index in [1.807, 2.05) is 24.5 Å². The van der Waals surface area contributed by atoms with Crippen molar-refractivity contribution >= 4 is 56.6 Å². The van der Waals surface area contributed by atoms with Gasteiger partial charge in [0.15, 0.2) is 0 Å². The molecule has 1 saturated heterocycles. The van der Waals surface area contributed by atoms with Crippen LogP contribution < -0.4 is 14.5 Å². The van der Waals surface area contributed by atoms with Crippen LogP contribution in [0.15, 0.2) is 78.0 Å². The predicted molar refractivity (Wildman–Crippen MR) is 159 cm³/mol. The number of piperidine rings is 1. The lowest BCUT2D eigenvalue weighted by molar-refractivity contribution is -0.116. The van der Waals surface area contributed by atoms with E-state index in [9.17, 15) is 13.2 Å². The fourth-order valence-corrected chi connectivity index (χ4v) is 7.42. The van der Waals surface area contributed by atoms with Gasteiger partial charge < -0.3 is 10.2 Å². The molecule has 39 heavy (non-hydrogen) atoms. The van der Waals surface area contributed by atoms with Crippen molar-refractivity contribution in [1.29, 1.82) is 0 Å². The molecule has 2 aromatic carbocycles. The van der Waals surface area contributed by atoms with Crippen molar-refractivity contribution in [2.75, 3.05) is 35.4 Å². The average molecular weight is 588 g/mol. The molecule has 7 nitrogen and oxygen atoms in total. The third-order valence-electron chi connectivity index (χ3n) is 6.87. The fraction of sp³-hybridized carbons (Fsp3) is 0.310. The van der Waals surface area contributed by atoms with Gasteiger partial charge in [-0.15, -0.1) is 0 Å². The van der Waals surface area contributed by atoms with Crippen LogP contribution in [0.3, 0.4) is 0 Å². The number of anilines is 2. The number of halogens is 2. The zero-order valence-electron chi connectivity index (χ0n) is 21.8. The van der Waals surface area contributed by atoms with Gasteiger partial charge in [0.2, 0.25) is 5.91 Å². The number of sulfonamides is 1. The summed E-state index contributed by atoms with van der Waals surface area (Å²) < 4.78 is 28.3. The summed E-state index contributed by atoms with van der Waals surface area (Å²) in [5.74, 6) is 0.340. The molecule has 3 aromatic rings. The van der Waals surface area contributed by atoms with Gasteiger partial charge in [-0.1, -0.05) is 47.5 Å². The third-order valence-corrected chi connectivity index (χ3v) is 9.71. The van der Waals surface area contributed by atoms with Crippen LogP contribution in [-0.4, -0.2) is 45.5 Å². The summed E-state index contributed by atoms with van der Waals surface area (Å²) in [6.45, 7) is 4.47. The van der Waals surface area contributed by atoms with Crippen molar-refractivity contribution in [3.05, 3.63) is 88.7 Å². The molecule has 0 radical (unpaired) electrons. The molecule has 0 saturated carbocycles. The Morgan fingerprint density at radius 1 is 1.05 bits per heavy atom. The molecule has 0 unspecified atom stereocenters. The Bertz CT molecular complexity index is 1390. The number of nitrogens with zero attached hydrogens (tertiary/aromatic N) is 3. The zero-order valence-corrected chi connectivity index (χ0v) is 24.1. The second-order valence-corrected chi connectivity index (χ2v) is 11.9. The molecule has 4 rings (SSSR count). The number of hydrogen-bond donors (Lipinski definition) is 1. The van der Waals surface area contributed by atoms with Crippen LogP contribution in [0.25, 0.3) is 6.08 Å². The zero-order chi connectivity index (χ0) is 27.8. The fourth-order valence-electron chi connectivity index (χ4n) is 4.82. The molecule has 1 amide bonds. The van der Waals surface area contributed by atoms with Crippen LogP contribution in [0.2, 0.25) is 10.0 Å². The maximum Gasteiger partial charge on any atom is 0.267 e. The average Bonchev–Trinajstić information content (AvgIpc) is 2.93. The molecule has 0 bridgehead atoms. The SMILES string of the molecule is CCN(c1ccccc1/C=C/C(=O)NCCC1CCN(c2ccncc2)CC1)S(=O)(=O)c1c(Cl)cccc1Cl. The van der Waals surface area contributed by atoms with Gasteiger partial charge in [0.25, 0.3) is 10.0 Å². The monoisotopic (exact) mass is 586 g/mol. The summed E-state index contributed by atoms with van der Waals surface area (Å²) in [5.41, 5.74) is 2.22. The molecule has 10 heteroatoms. The molecule has 1 N–H and O–H groups in total. The minimum Gasteiger partial charge on any atom is -0.371 e. The van der Waals surface area contributed by atoms with Crippen LogP contribution in [0.1, 0.15) is 31.7 Å². The Hall–Kier alpha value is -3.07. The first-order valence-electron chi connectivity index (χ1n) is 13.0. The first kappa shape index (κ1) is 28.9. The molecule has 1 fully saturated rings. The first-order valence-corrected chi connectivity index (χ1v) is 15.2. The van der Waals surface area contributed by atoms with Crippen molar-refractivity contribution in [2.24, 2.45) is 5.92 Å². The molecule has 1 aliphatic rings. The Balaban J connectivity index is 1.36. The van der Waals surface area contributed by atoms with E-state index in [1.54, 1.807) is 43.3 Å². The number of hydrogen-bond acceptors (Lipinski definition) is 5. The minimum atomic E-state index is -4.05. The predicted octanol–water partition coefficient (Wildman–Crippen LogP) is 6.04. The molecule has 0 spiro atoms. The Morgan fingerprint density at radius 2 is 1.72 bits per heavy atom. The van der Waals surface area contributed by atoms with E-state index in [-0.39, 0.29) is 27.4 Å². The van der Waals surface area contributed by atoms with Crippen molar-refractivity contribution in [2.45, 2.75) is 31.1 Å². The Kier molecular flexibility index (Phi) is 9.88. The van der Waals surface area contributed by atoms with Crippen LogP contribution in [0.5, 0.6) is 0 Å². The highest BCUT2D eigenvalue weighted by Crippen LogP contribution is 2.35. The quantitative estimate of drug-likeness (QED) is 0.293.